The molecule has 2 aromatic heterocycles. The third-order valence-electron chi connectivity index (χ3n) is 6.58. The van der Waals surface area contributed by atoms with Gasteiger partial charge in [0.1, 0.15) is 17.5 Å². The lowest BCUT2D eigenvalue weighted by atomic mass is 10.2. The average Bonchev–Trinajstić information content (AvgIpc) is 3.54. The lowest BCUT2D eigenvalue weighted by Gasteiger charge is -2.28. The third-order valence-corrected chi connectivity index (χ3v) is 6.58. The maximum absolute atomic E-state index is 14.1. The van der Waals surface area contributed by atoms with Crippen molar-refractivity contribution >= 4 is 40.4 Å². The van der Waals surface area contributed by atoms with Crippen molar-refractivity contribution in [2.24, 2.45) is 7.05 Å². The summed E-state index contributed by atoms with van der Waals surface area (Å²) in [6, 6.07) is 4.78. The minimum absolute atomic E-state index is 0.167. The van der Waals surface area contributed by atoms with Gasteiger partial charge in [0.15, 0.2) is 0 Å². The summed E-state index contributed by atoms with van der Waals surface area (Å²) in [6.45, 7) is 9.17. The highest BCUT2D eigenvalue weighted by Crippen LogP contribution is 2.24. The molecule has 11 nitrogen and oxygen atoms in total. The standard InChI is InChI=1S/C30H39FN8O3/c1-6-15-32-26-20(19-34-28(36-26)35-21-13-14-23-22(18-21)25(31)37-38(23)5)11-8-7-9-16-33-27(40)24-12-10-17-39(24)29(41)42-30(2,3)4/h13-14,18-19,24H,6-7,9-10,12,15-17H2,1-5H3,(H,33,40)(H2,32,34,35,36)/t24-/m0/s1. The van der Waals surface area contributed by atoms with Crippen LogP contribution in [0.15, 0.2) is 24.4 Å². The van der Waals surface area contributed by atoms with Crippen LogP contribution < -0.4 is 16.0 Å². The van der Waals surface area contributed by atoms with Crippen LogP contribution >= 0.6 is 0 Å². The van der Waals surface area contributed by atoms with Gasteiger partial charge >= 0.3 is 6.09 Å². The largest absolute Gasteiger partial charge is 0.444 e. The Morgan fingerprint density at radius 3 is 2.81 bits per heavy atom. The second-order valence-electron chi connectivity index (χ2n) is 11.2. The van der Waals surface area contributed by atoms with Crippen molar-refractivity contribution < 1.29 is 18.7 Å². The van der Waals surface area contributed by atoms with E-state index in [0.717, 1.165) is 12.8 Å². The fourth-order valence-corrected chi connectivity index (χ4v) is 4.58. The van der Waals surface area contributed by atoms with Crippen LogP contribution in [0.1, 0.15) is 65.4 Å². The van der Waals surface area contributed by atoms with Gasteiger partial charge in [-0.1, -0.05) is 18.8 Å². The monoisotopic (exact) mass is 578 g/mol. The molecule has 2 amide bonds. The van der Waals surface area contributed by atoms with Crippen molar-refractivity contribution in [3.05, 3.63) is 35.9 Å². The van der Waals surface area contributed by atoms with Crippen molar-refractivity contribution in [1.82, 2.24) is 30.0 Å². The molecule has 1 atom stereocenters. The molecule has 0 bridgehead atoms. The van der Waals surface area contributed by atoms with E-state index >= 15 is 0 Å². The van der Waals surface area contributed by atoms with Crippen LogP contribution in [0.3, 0.4) is 0 Å². The Bertz CT molecular complexity index is 1490. The number of amides is 2. The highest BCUT2D eigenvalue weighted by atomic mass is 19.1. The van der Waals surface area contributed by atoms with Crippen LogP contribution in [-0.2, 0) is 16.6 Å². The lowest BCUT2D eigenvalue weighted by Crippen LogP contribution is -2.47. The van der Waals surface area contributed by atoms with Crippen LogP contribution in [0.2, 0.25) is 0 Å². The van der Waals surface area contributed by atoms with Crippen LogP contribution in [0.25, 0.3) is 10.9 Å². The molecule has 0 radical (unpaired) electrons. The number of likely N-dealkylation sites (tertiary alicyclic amines) is 1. The van der Waals surface area contributed by atoms with Gasteiger partial charge in [0.25, 0.3) is 0 Å². The number of rotatable bonds is 9. The SMILES string of the molecule is CCCNc1nc(Nc2ccc3c(c2)c(F)nn3C)ncc1C#CCCCNC(=O)[C@@H]1CCCN1C(=O)OC(C)(C)C. The minimum Gasteiger partial charge on any atom is -0.444 e. The minimum atomic E-state index is -0.608. The summed E-state index contributed by atoms with van der Waals surface area (Å²) in [4.78, 5) is 35.7. The first-order valence-corrected chi connectivity index (χ1v) is 14.3. The second kappa shape index (κ2) is 13.5. The Hall–Kier alpha value is -4.40. The Kier molecular flexibility index (Phi) is 9.83. The molecule has 0 unspecified atom stereocenters. The molecule has 1 fully saturated rings. The molecule has 3 aromatic rings. The Labute approximate surface area is 245 Å². The van der Waals surface area contributed by atoms with Gasteiger partial charge in [-0.3, -0.25) is 14.4 Å². The van der Waals surface area contributed by atoms with E-state index in [-0.39, 0.29) is 5.91 Å². The quantitative estimate of drug-likeness (QED) is 0.246. The maximum atomic E-state index is 14.1. The molecule has 42 heavy (non-hydrogen) atoms. The number of nitrogens with one attached hydrogen (secondary N) is 3. The van der Waals surface area contributed by atoms with Gasteiger partial charge in [0, 0.05) is 38.8 Å². The number of aryl methyl sites for hydroxylation is 1. The van der Waals surface area contributed by atoms with E-state index in [0.29, 0.717) is 72.8 Å². The van der Waals surface area contributed by atoms with Gasteiger partial charge in [0.05, 0.1) is 22.7 Å². The molecule has 0 spiro atoms. The zero-order chi connectivity index (χ0) is 30.3. The predicted molar refractivity (Wildman–Crippen MR) is 160 cm³/mol. The molecule has 224 valence electrons. The summed E-state index contributed by atoms with van der Waals surface area (Å²) >= 11 is 0. The molecule has 3 N–H and O–H groups in total. The number of hydrogen-bond acceptors (Lipinski definition) is 8. The first-order valence-electron chi connectivity index (χ1n) is 14.3. The van der Waals surface area contributed by atoms with E-state index in [1.807, 2.05) is 26.8 Å². The number of fused-ring (bicyclic) bond motifs is 1. The molecule has 1 saturated heterocycles. The molecule has 12 heteroatoms. The zero-order valence-electron chi connectivity index (χ0n) is 24.9. The van der Waals surface area contributed by atoms with Crippen LogP contribution in [0.4, 0.5) is 26.6 Å². The molecule has 1 aliphatic heterocycles. The lowest BCUT2D eigenvalue weighted by molar-refractivity contribution is -0.125. The number of carbonyl (C=O) groups excluding carboxylic acids is 2. The second-order valence-corrected chi connectivity index (χ2v) is 11.2. The van der Waals surface area contributed by atoms with E-state index in [9.17, 15) is 14.0 Å². The number of ether oxygens (including phenoxy) is 1. The number of benzene rings is 1. The first kappa shape index (κ1) is 30.6. The van der Waals surface area contributed by atoms with Gasteiger partial charge in [-0.05, 0) is 64.7 Å². The molecule has 0 saturated carbocycles. The van der Waals surface area contributed by atoms with Gasteiger partial charge in [-0.25, -0.2) is 9.78 Å². The summed E-state index contributed by atoms with van der Waals surface area (Å²) in [6.07, 6.45) is 4.71. The summed E-state index contributed by atoms with van der Waals surface area (Å²) in [5, 5.41) is 13.6. The zero-order valence-corrected chi connectivity index (χ0v) is 24.9. The van der Waals surface area contributed by atoms with E-state index in [1.165, 1.54) is 9.58 Å². The molecule has 3 heterocycles. The van der Waals surface area contributed by atoms with Crippen molar-refractivity contribution in [3.8, 4) is 11.8 Å². The molecule has 4 rings (SSSR count). The van der Waals surface area contributed by atoms with Gasteiger partial charge < -0.3 is 20.7 Å². The highest BCUT2D eigenvalue weighted by Gasteiger charge is 2.36. The van der Waals surface area contributed by atoms with E-state index in [4.69, 9.17) is 4.74 Å². The van der Waals surface area contributed by atoms with Gasteiger partial charge in [-0.15, -0.1) is 5.10 Å². The number of carbonyl (C=O) groups is 2. The van der Waals surface area contributed by atoms with Crippen molar-refractivity contribution in [2.75, 3.05) is 30.3 Å². The Balaban J connectivity index is 1.32. The Morgan fingerprint density at radius 1 is 1.24 bits per heavy atom. The van der Waals surface area contributed by atoms with Gasteiger partial charge in [0.2, 0.25) is 17.8 Å². The molecule has 0 aliphatic carbocycles. The summed E-state index contributed by atoms with van der Waals surface area (Å²) in [5.74, 6) is 6.52. The fraction of sp³-hybridized carbons (Fsp3) is 0.500. The van der Waals surface area contributed by atoms with Crippen molar-refractivity contribution in [3.63, 3.8) is 0 Å². The van der Waals surface area contributed by atoms with E-state index < -0.39 is 23.7 Å². The summed E-state index contributed by atoms with van der Waals surface area (Å²) in [5.41, 5.74) is 1.38. The van der Waals surface area contributed by atoms with Gasteiger partial charge in [-0.2, -0.15) is 9.37 Å². The topological polar surface area (TPSA) is 126 Å². The average molecular weight is 579 g/mol. The number of hydrogen-bond donors (Lipinski definition) is 3. The maximum Gasteiger partial charge on any atom is 0.410 e. The number of aromatic nitrogens is 4. The van der Waals surface area contributed by atoms with Crippen LogP contribution in [0.5, 0.6) is 0 Å². The van der Waals surface area contributed by atoms with E-state index in [2.05, 4.69) is 49.8 Å². The summed E-state index contributed by atoms with van der Waals surface area (Å²) in [7, 11) is 1.70. The molecule has 1 aliphatic rings. The van der Waals surface area contributed by atoms with Crippen molar-refractivity contribution in [1.29, 1.82) is 0 Å². The Morgan fingerprint density at radius 2 is 2.05 bits per heavy atom. The van der Waals surface area contributed by atoms with E-state index in [1.54, 1.807) is 25.4 Å². The number of nitrogens with zero attached hydrogens (tertiary/aromatic N) is 5. The summed E-state index contributed by atoms with van der Waals surface area (Å²) < 4.78 is 21.1. The fourth-order valence-electron chi connectivity index (χ4n) is 4.58. The normalized spacial score (nSPS) is 14.8. The van der Waals surface area contributed by atoms with Crippen molar-refractivity contribution in [2.45, 2.75) is 71.4 Å². The number of unbranched alkanes of at least 4 members (excludes halogenated alkanes) is 1. The molecular formula is C30H39FN8O3. The highest BCUT2D eigenvalue weighted by molar-refractivity contribution is 5.86. The first-order chi connectivity index (χ1) is 20.1. The molecule has 1 aromatic carbocycles. The number of anilines is 3. The third kappa shape index (κ3) is 7.87. The van der Waals surface area contributed by atoms with Crippen LogP contribution in [0, 0.1) is 17.8 Å². The predicted octanol–water partition coefficient (Wildman–Crippen LogP) is 4.72. The molecular weight excluding hydrogens is 539 g/mol. The van der Waals surface area contributed by atoms with Crippen LogP contribution in [-0.4, -0.2) is 67.9 Å². The smallest absolute Gasteiger partial charge is 0.410 e. The number of halogens is 1.